The maximum atomic E-state index is 10.7. The second-order valence-electron chi connectivity index (χ2n) is 4.78. The summed E-state index contributed by atoms with van der Waals surface area (Å²) in [5.41, 5.74) is 0.890. The van der Waals surface area contributed by atoms with Crippen LogP contribution in [0.15, 0.2) is 18.5 Å². The zero-order valence-electron chi connectivity index (χ0n) is 10.8. The van der Waals surface area contributed by atoms with Crippen LogP contribution in [-0.4, -0.2) is 46.1 Å². The minimum Gasteiger partial charge on any atom is -0.480 e. The number of hydrogen-bond donors (Lipinski definition) is 2. The van der Waals surface area contributed by atoms with E-state index in [2.05, 4.69) is 10.3 Å². The molecule has 6 heteroatoms. The van der Waals surface area contributed by atoms with E-state index in [1.54, 1.807) is 12.4 Å². The maximum absolute atomic E-state index is 10.7. The quantitative estimate of drug-likeness (QED) is 0.837. The highest BCUT2D eigenvalue weighted by Gasteiger charge is 2.33. The van der Waals surface area contributed by atoms with Gasteiger partial charge in [-0.1, -0.05) is 18.5 Å². The predicted octanol–water partition coefficient (Wildman–Crippen LogP) is 2.08. The summed E-state index contributed by atoms with van der Waals surface area (Å²) in [4.78, 5) is 16.7. The van der Waals surface area contributed by atoms with Gasteiger partial charge in [0.15, 0.2) is 0 Å². The summed E-state index contributed by atoms with van der Waals surface area (Å²) < 4.78 is 0. The zero-order chi connectivity index (χ0) is 13.8. The molecule has 2 rings (SSSR count). The summed E-state index contributed by atoms with van der Waals surface area (Å²) >= 11 is 6.03. The van der Waals surface area contributed by atoms with Gasteiger partial charge in [0.1, 0.15) is 0 Å². The van der Waals surface area contributed by atoms with Crippen LogP contribution in [0.4, 0.5) is 5.69 Å². The predicted molar refractivity (Wildman–Crippen MR) is 74.6 cm³/mol. The average Bonchev–Trinajstić information content (AvgIpc) is 2.32. The van der Waals surface area contributed by atoms with Crippen LogP contribution in [0.25, 0.3) is 0 Å². The van der Waals surface area contributed by atoms with Crippen molar-refractivity contribution in [2.45, 2.75) is 31.8 Å². The highest BCUT2D eigenvalue weighted by atomic mass is 35.5. The molecule has 0 saturated heterocycles. The number of aromatic nitrogens is 1. The van der Waals surface area contributed by atoms with Crippen molar-refractivity contribution >= 4 is 23.3 Å². The lowest BCUT2D eigenvalue weighted by atomic mass is 9.85. The Morgan fingerprint density at radius 1 is 1.63 bits per heavy atom. The van der Waals surface area contributed by atoms with Gasteiger partial charge in [0.25, 0.3) is 0 Å². The Bertz CT molecular complexity index is 449. The number of carboxylic acid groups (broad SMARTS) is 1. The topological polar surface area (TPSA) is 65.5 Å². The van der Waals surface area contributed by atoms with Gasteiger partial charge < -0.3 is 10.4 Å². The molecule has 2 N–H and O–H groups in total. The summed E-state index contributed by atoms with van der Waals surface area (Å²) in [5.74, 6) is -0.768. The molecule has 0 spiro atoms. The van der Waals surface area contributed by atoms with Gasteiger partial charge in [0, 0.05) is 24.5 Å². The Hall–Kier alpha value is -1.33. The SMILES string of the molecule is CCN(CC(=O)O)C1CC(Nc2ccncc2Cl)C1. The van der Waals surface area contributed by atoms with Gasteiger partial charge in [-0.25, -0.2) is 0 Å². The number of pyridine rings is 1. The van der Waals surface area contributed by atoms with E-state index in [9.17, 15) is 4.79 Å². The molecule has 0 unspecified atom stereocenters. The van der Waals surface area contributed by atoms with Gasteiger partial charge >= 0.3 is 5.97 Å². The lowest BCUT2D eigenvalue weighted by molar-refractivity contribution is -0.139. The minimum absolute atomic E-state index is 0.115. The minimum atomic E-state index is -0.768. The van der Waals surface area contributed by atoms with Gasteiger partial charge in [-0.2, -0.15) is 0 Å². The lowest BCUT2D eigenvalue weighted by Gasteiger charge is -2.42. The molecule has 1 aliphatic carbocycles. The molecule has 5 nitrogen and oxygen atoms in total. The van der Waals surface area contributed by atoms with Crippen LogP contribution in [0, 0.1) is 0 Å². The van der Waals surface area contributed by atoms with E-state index in [-0.39, 0.29) is 6.54 Å². The third-order valence-electron chi connectivity index (χ3n) is 3.51. The third kappa shape index (κ3) is 3.58. The van der Waals surface area contributed by atoms with Crippen molar-refractivity contribution in [1.82, 2.24) is 9.88 Å². The van der Waals surface area contributed by atoms with Crippen LogP contribution < -0.4 is 5.32 Å². The van der Waals surface area contributed by atoms with Gasteiger partial charge in [0.05, 0.1) is 17.3 Å². The second-order valence-corrected chi connectivity index (χ2v) is 5.19. The zero-order valence-corrected chi connectivity index (χ0v) is 11.6. The number of nitrogens with zero attached hydrogens (tertiary/aromatic N) is 2. The Morgan fingerprint density at radius 3 is 2.95 bits per heavy atom. The molecule has 1 saturated carbocycles. The first kappa shape index (κ1) is 14.1. The molecule has 0 aliphatic heterocycles. The molecule has 1 heterocycles. The van der Waals surface area contributed by atoms with Gasteiger partial charge in [-0.15, -0.1) is 0 Å². The number of anilines is 1. The number of aliphatic carboxylic acids is 1. The molecule has 0 radical (unpaired) electrons. The average molecular weight is 284 g/mol. The summed E-state index contributed by atoms with van der Waals surface area (Å²) in [6.07, 6.45) is 5.20. The molecule has 1 fully saturated rings. The van der Waals surface area contributed by atoms with Gasteiger partial charge in [-0.05, 0) is 25.5 Å². The van der Waals surface area contributed by atoms with E-state index in [1.807, 2.05) is 17.9 Å². The van der Waals surface area contributed by atoms with E-state index < -0.39 is 5.97 Å². The van der Waals surface area contributed by atoms with Crippen molar-refractivity contribution in [3.05, 3.63) is 23.5 Å². The van der Waals surface area contributed by atoms with Crippen molar-refractivity contribution in [3.8, 4) is 0 Å². The lowest BCUT2D eigenvalue weighted by Crippen LogP contribution is -2.51. The fourth-order valence-corrected chi connectivity index (χ4v) is 2.56. The van der Waals surface area contributed by atoms with Crippen molar-refractivity contribution in [3.63, 3.8) is 0 Å². The van der Waals surface area contributed by atoms with Crippen molar-refractivity contribution < 1.29 is 9.90 Å². The van der Waals surface area contributed by atoms with E-state index in [0.29, 0.717) is 17.1 Å². The molecule has 1 aromatic heterocycles. The summed E-state index contributed by atoms with van der Waals surface area (Å²) in [5, 5.41) is 12.8. The monoisotopic (exact) mass is 283 g/mol. The molecule has 0 atom stereocenters. The van der Waals surface area contributed by atoms with E-state index in [1.165, 1.54) is 0 Å². The summed E-state index contributed by atoms with van der Waals surface area (Å²) in [6, 6.07) is 2.55. The Morgan fingerprint density at radius 2 is 2.37 bits per heavy atom. The number of likely N-dealkylation sites (N-methyl/N-ethyl adjacent to an activating group) is 1. The fraction of sp³-hybridized carbons (Fsp3) is 0.538. The summed E-state index contributed by atoms with van der Waals surface area (Å²) in [7, 11) is 0. The number of halogens is 1. The van der Waals surface area contributed by atoms with Crippen molar-refractivity contribution in [1.29, 1.82) is 0 Å². The van der Waals surface area contributed by atoms with Crippen LogP contribution >= 0.6 is 11.6 Å². The number of nitrogens with one attached hydrogen (secondary N) is 1. The Labute approximate surface area is 117 Å². The first-order valence-corrected chi connectivity index (χ1v) is 6.79. The van der Waals surface area contributed by atoms with E-state index in [4.69, 9.17) is 16.7 Å². The first-order chi connectivity index (χ1) is 9.10. The largest absolute Gasteiger partial charge is 0.480 e. The second kappa shape index (κ2) is 6.21. The van der Waals surface area contributed by atoms with Crippen molar-refractivity contribution in [2.75, 3.05) is 18.4 Å². The Balaban J connectivity index is 1.83. The smallest absolute Gasteiger partial charge is 0.317 e. The first-order valence-electron chi connectivity index (χ1n) is 6.42. The number of carbonyl (C=O) groups is 1. The molecule has 1 aliphatic rings. The molecule has 104 valence electrons. The Kier molecular flexibility index (Phi) is 4.61. The molecule has 0 bridgehead atoms. The van der Waals surface area contributed by atoms with E-state index >= 15 is 0 Å². The molecule has 0 amide bonds. The van der Waals surface area contributed by atoms with Gasteiger partial charge in [0.2, 0.25) is 0 Å². The fourth-order valence-electron chi connectivity index (χ4n) is 2.39. The van der Waals surface area contributed by atoms with E-state index in [0.717, 1.165) is 25.1 Å². The summed E-state index contributed by atoms with van der Waals surface area (Å²) in [6.45, 7) is 2.87. The number of carboxylic acids is 1. The molecular weight excluding hydrogens is 266 g/mol. The normalized spacial score (nSPS) is 22.1. The molecular formula is C13H18ClN3O2. The van der Waals surface area contributed by atoms with Gasteiger partial charge in [-0.3, -0.25) is 14.7 Å². The van der Waals surface area contributed by atoms with Crippen LogP contribution in [0.1, 0.15) is 19.8 Å². The van der Waals surface area contributed by atoms with Crippen LogP contribution in [0.5, 0.6) is 0 Å². The van der Waals surface area contributed by atoms with Crippen molar-refractivity contribution in [2.24, 2.45) is 0 Å². The molecule has 0 aromatic carbocycles. The number of rotatable bonds is 6. The standard InChI is InChI=1S/C13H18ClN3O2/c1-2-17(8-13(18)19)10-5-9(6-10)16-12-3-4-15-7-11(12)14/h3-4,7,9-10H,2,5-6,8H2,1H3,(H,15,16)(H,18,19). The third-order valence-corrected chi connectivity index (χ3v) is 3.81. The molecule has 1 aromatic rings. The van der Waals surface area contributed by atoms with Crippen LogP contribution in [0.2, 0.25) is 5.02 Å². The van der Waals surface area contributed by atoms with Crippen LogP contribution in [0.3, 0.4) is 0 Å². The molecule has 19 heavy (non-hydrogen) atoms. The highest BCUT2D eigenvalue weighted by Crippen LogP contribution is 2.30. The maximum Gasteiger partial charge on any atom is 0.317 e. The van der Waals surface area contributed by atoms with Crippen LogP contribution in [-0.2, 0) is 4.79 Å². The highest BCUT2D eigenvalue weighted by molar-refractivity contribution is 6.33. The number of hydrogen-bond acceptors (Lipinski definition) is 4.